The van der Waals surface area contributed by atoms with Crippen molar-refractivity contribution in [2.45, 2.75) is 13.0 Å². The van der Waals surface area contributed by atoms with Crippen LogP contribution in [0.3, 0.4) is 0 Å². The maximum absolute atomic E-state index is 14.2. The molecule has 0 saturated heterocycles. The Labute approximate surface area is 234 Å². The third kappa shape index (κ3) is 4.79. The number of rotatable bonds is 4. The van der Waals surface area contributed by atoms with Crippen LogP contribution in [0, 0.1) is 11.8 Å². The maximum Gasteiger partial charge on any atom is 0.257 e. The summed E-state index contributed by atoms with van der Waals surface area (Å²) in [6.45, 7) is 1.75. The molecule has 2 aromatic carbocycles. The van der Waals surface area contributed by atoms with Gasteiger partial charge in [0.05, 0.1) is 34.3 Å². The van der Waals surface area contributed by atoms with Gasteiger partial charge in [-0.2, -0.15) is 5.10 Å². The lowest BCUT2D eigenvalue weighted by Gasteiger charge is -2.18. The predicted molar refractivity (Wildman–Crippen MR) is 157 cm³/mol. The molecule has 0 radical (unpaired) electrons. The van der Waals surface area contributed by atoms with Crippen molar-refractivity contribution in [2.24, 2.45) is 7.05 Å². The van der Waals surface area contributed by atoms with Crippen LogP contribution in [0.2, 0.25) is 0 Å². The summed E-state index contributed by atoms with van der Waals surface area (Å²) < 4.78 is 8.04. The summed E-state index contributed by atoms with van der Waals surface area (Å²) in [7, 11) is 1.81. The molecule has 0 bridgehead atoms. The number of carbonyl (C=O) groups excluding carboxylic acids is 1. The number of benzene rings is 2. The molecule has 0 aliphatic rings. The molecule has 4 heterocycles. The fourth-order valence-corrected chi connectivity index (χ4v) is 4.78. The quantitative estimate of drug-likeness (QED) is 0.313. The predicted octanol–water partition coefficient (Wildman–Crippen LogP) is 4.61. The summed E-state index contributed by atoms with van der Waals surface area (Å²) in [5.74, 6) is 6.05. The van der Waals surface area contributed by atoms with Crippen molar-refractivity contribution >= 4 is 33.6 Å². The van der Waals surface area contributed by atoms with Gasteiger partial charge in [-0.3, -0.25) is 19.3 Å². The molecule has 6 aromatic rings. The fraction of sp³-hybridized carbons (Fsp3) is 0.0938. The van der Waals surface area contributed by atoms with E-state index in [0.717, 1.165) is 5.56 Å². The van der Waals surface area contributed by atoms with Crippen molar-refractivity contribution in [3.63, 3.8) is 0 Å². The van der Waals surface area contributed by atoms with E-state index in [1.54, 1.807) is 66.7 Å². The molecule has 1 amide bonds. The number of nitrogens with zero attached hydrogens (tertiary/aromatic N) is 4. The Balaban J connectivity index is 1.48. The largest absolute Gasteiger partial charge is 0.458 e. The molecular weight excluding hydrogens is 516 g/mol. The minimum atomic E-state index is -0.710. The Morgan fingerprint density at radius 2 is 1.85 bits per heavy atom. The van der Waals surface area contributed by atoms with E-state index in [2.05, 4.69) is 32.2 Å². The first-order valence-corrected chi connectivity index (χ1v) is 12.9. The highest BCUT2D eigenvalue weighted by Gasteiger charge is 2.25. The summed E-state index contributed by atoms with van der Waals surface area (Å²) in [5, 5.41) is 8.13. The van der Waals surface area contributed by atoms with Crippen molar-refractivity contribution < 1.29 is 9.21 Å². The average Bonchev–Trinajstić information content (AvgIpc) is 3.40. The zero-order chi connectivity index (χ0) is 28.5. The van der Waals surface area contributed by atoms with Crippen molar-refractivity contribution in [3.8, 4) is 23.0 Å². The molecular formula is C32H24N6O3. The highest BCUT2D eigenvalue weighted by atomic mass is 16.3. The standard InChI is InChI=1S/C32H24N6O3/c1-19(37-32(40)27-28-23(11-7-15-34-28)17-35-31(27)33)30-26(21-8-4-3-5-9-21)29(39)25-22(10-6-12-24(25)41-30)14-13-20-16-36-38(2)18-20/h3-12,15-19H,1-2H3,(H2,33,35)(H,37,40)/t19-/m0/s1. The number of hydrogen-bond donors (Lipinski definition) is 2. The van der Waals surface area contributed by atoms with Crippen LogP contribution in [-0.2, 0) is 7.05 Å². The number of anilines is 1. The Morgan fingerprint density at radius 3 is 2.63 bits per heavy atom. The first kappa shape index (κ1) is 25.5. The summed E-state index contributed by atoms with van der Waals surface area (Å²) in [5.41, 5.74) is 9.05. The molecule has 0 saturated carbocycles. The number of aryl methyl sites for hydroxylation is 1. The minimum Gasteiger partial charge on any atom is -0.458 e. The molecule has 0 aliphatic heterocycles. The summed E-state index contributed by atoms with van der Waals surface area (Å²) in [4.78, 5) is 36.2. The lowest BCUT2D eigenvalue weighted by Crippen LogP contribution is -2.29. The van der Waals surface area contributed by atoms with E-state index in [-0.39, 0.29) is 16.8 Å². The molecule has 0 aliphatic carbocycles. The van der Waals surface area contributed by atoms with Crippen molar-refractivity contribution in [1.29, 1.82) is 0 Å². The number of fused-ring (bicyclic) bond motifs is 2. The average molecular weight is 541 g/mol. The smallest absolute Gasteiger partial charge is 0.257 e. The van der Waals surface area contributed by atoms with E-state index in [4.69, 9.17) is 10.2 Å². The molecule has 4 aromatic heterocycles. The summed E-state index contributed by atoms with van der Waals surface area (Å²) in [6, 6.07) is 17.3. The van der Waals surface area contributed by atoms with E-state index < -0.39 is 11.9 Å². The third-order valence-corrected chi connectivity index (χ3v) is 6.70. The number of pyridine rings is 2. The van der Waals surface area contributed by atoms with Gasteiger partial charge in [0.2, 0.25) is 5.43 Å². The Kier molecular flexibility index (Phi) is 6.49. The molecule has 9 nitrogen and oxygen atoms in total. The van der Waals surface area contributed by atoms with Gasteiger partial charge in [0.25, 0.3) is 5.91 Å². The van der Waals surface area contributed by atoms with Gasteiger partial charge in [-0.05, 0) is 36.8 Å². The molecule has 6 rings (SSSR count). The van der Waals surface area contributed by atoms with Crippen LogP contribution in [0.25, 0.3) is 33.0 Å². The Morgan fingerprint density at radius 1 is 1.02 bits per heavy atom. The molecule has 1 atom stereocenters. The number of hydrogen-bond acceptors (Lipinski definition) is 7. The molecule has 3 N–H and O–H groups in total. The molecule has 0 fully saturated rings. The van der Waals surface area contributed by atoms with Crippen LogP contribution in [0.5, 0.6) is 0 Å². The van der Waals surface area contributed by atoms with E-state index in [0.29, 0.717) is 44.3 Å². The fourth-order valence-electron chi connectivity index (χ4n) is 4.78. The van der Waals surface area contributed by atoms with Crippen LogP contribution >= 0.6 is 0 Å². The summed E-state index contributed by atoms with van der Waals surface area (Å²) >= 11 is 0. The van der Waals surface area contributed by atoms with Gasteiger partial charge in [-0.15, -0.1) is 0 Å². The van der Waals surface area contributed by atoms with Gasteiger partial charge in [-0.1, -0.05) is 48.2 Å². The van der Waals surface area contributed by atoms with E-state index in [9.17, 15) is 9.59 Å². The van der Waals surface area contributed by atoms with Gasteiger partial charge in [0.1, 0.15) is 22.7 Å². The zero-order valence-corrected chi connectivity index (χ0v) is 22.3. The molecule has 41 heavy (non-hydrogen) atoms. The SMILES string of the molecule is C[C@H](NC(=O)c1c(N)ncc2cccnc12)c1oc2cccc(C#Cc3cnn(C)c3)c2c(=O)c1-c1ccccc1. The highest BCUT2D eigenvalue weighted by molar-refractivity contribution is 6.09. The number of nitrogen functional groups attached to an aromatic ring is 1. The van der Waals surface area contributed by atoms with Crippen molar-refractivity contribution in [3.05, 3.63) is 118 Å². The molecule has 200 valence electrons. The summed E-state index contributed by atoms with van der Waals surface area (Å²) in [6.07, 6.45) is 6.62. The second-order valence-electron chi connectivity index (χ2n) is 9.52. The van der Waals surface area contributed by atoms with Gasteiger partial charge >= 0.3 is 0 Å². The lowest BCUT2D eigenvalue weighted by atomic mass is 9.97. The second kappa shape index (κ2) is 10.4. The van der Waals surface area contributed by atoms with Gasteiger partial charge < -0.3 is 15.5 Å². The maximum atomic E-state index is 14.2. The van der Waals surface area contributed by atoms with E-state index >= 15 is 0 Å². The van der Waals surface area contributed by atoms with Crippen LogP contribution < -0.4 is 16.5 Å². The third-order valence-electron chi connectivity index (χ3n) is 6.70. The van der Waals surface area contributed by atoms with E-state index in [1.165, 1.54) is 0 Å². The first-order chi connectivity index (χ1) is 19.9. The van der Waals surface area contributed by atoms with Crippen LogP contribution in [-0.4, -0.2) is 25.7 Å². The molecule has 0 spiro atoms. The topological polar surface area (TPSA) is 129 Å². The van der Waals surface area contributed by atoms with Crippen LogP contribution in [0.4, 0.5) is 5.82 Å². The number of nitrogens with one attached hydrogen (secondary N) is 1. The number of aromatic nitrogens is 4. The first-order valence-electron chi connectivity index (χ1n) is 12.9. The van der Waals surface area contributed by atoms with Crippen LogP contribution in [0.1, 0.15) is 40.2 Å². The van der Waals surface area contributed by atoms with Crippen LogP contribution in [0.15, 0.2) is 94.7 Å². The zero-order valence-electron chi connectivity index (χ0n) is 22.3. The Hall–Kier alpha value is -5.75. The van der Waals surface area contributed by atoms with Gasteiger partial charge in [0, 0.05) is 36.6 Å². The number of amides is 1. The second-order valence-corrected chi connectivity index (χ2v) is 9.52. The van der Waals surface area contributed by atoms with Crippen molar-refractivity contribution in [2.75, 3.05) is 5.73 Å². The molecule has 9 heteroatoms. The minimum absolute atomic E-state index is 0.0565. The van der Waals surface area contributed by atoms with Gasteiger partial charge in [0.15, 0.2) is 0 Å². The number of carbonyl (C=O) groups is 1. The number of nitrogens with two attached hydrogens (primary N) is 1. The Bertz CT molecular complexity index is 2070. The molecule has 0 unspecified atom stereocenters. The van der Waals surface area contributed by atoms with E-state index in [1.807, 2.05) is 37.4 Å². The lowest BCUT2D eigenvalue weighted by molar-refractivity contribution is 0.0937. The highest BCUT2D eigenvalue weighted by Crippen LogP contribution is 2.31. The monoisotopic (exact) mass is 540 g/mol. The van der Waals surface area contributed by atoms with Crippen molar-refractivity contribution in [1.82, 2.24) is 25.1 Å². The normalized spacial score (nSPS) is 11.7. The van der Waals surface area contributed by atoms with Gasteiger partial charge in [-0.25, -0.2) is 4.98 Å².